The molecule has 0 spiro atoms. The third-order valence-corrected chi connectivity index (χ3v) is 6.33. The molecule has 0 atom stereocenters. The lowest BCUT2D eigenvalue weighted by Crippen LogP contribution is -2.34. The maximum Gasteiger partial charge on any atom is 0.140 e. The largest absolute Gasteiger partial charge is 0.381 e. The van der Waals surface area contributed by atoms with Gasteiger partial charge in [-0.1, -0.05) is 19.3 Å². The van der Waals surface area contributed by atoms with Crippen molar-refractivity contribution in [3.63, 3.8) is 0 Å². The summed E-state index contributed by atoms with van der Waals surface area (Å²) in [6.45, 7) is 0.344. The van der Waals surface area contributed by atoms with Crippen molar-refractivity contribution < 1.29 is 4.39 Å². The van der Waals surface area contributed by atoms with Crippen molar-refractivity contribution in [2.75, 3.05) is 17.2 Å². The monoisotopic (exact) mass is 393 g/mol. The molecule has 0 saturated heterocycles. The maximum atomic E-state index is 14.8. The topological polar surface area (TPSA) is 65.6 Å². The Balaban J connectivity index is 1.29. The predicted octanol–water partition coefficient (Wildman–Crippen LogP) is 5.66. The van der Waals surface area contributed by atoms with Gasteiger partial charge in [-0.15, -0.1) is 0 Å². The Labute approximate surface area is 170 Å². The minimum atomic E-state index is -1.10. The molecule has 5 nitrogen and oxygen atoms in total. The molecule has 0 unspecified atom stereocenters. The molecule has 5 rings (SSSR count). The van der Waals surface area contributed by atoms with Crippen molar-refractivity contribution >= 4 is 28.2 Å². The third-order valence-electron chi connectivity index (χ3n) is 6.33. The van der Waals surface area contributed by atoms with E-state index in [4.69, 9.17) is 4.98 Å². The fraction of sp³-hybridized carbons (Fsp3) is 0.478. The summed E-state index contributed by atoms with van der Waals surface area (Å²) < 4.78 is 14.8. The van der Waals surface area contributed by atoms with Crippen molar-refractivity contribution in [2.45, 2.75) is 63.5 Å². The van der Waals surface area contributed by atoms with Gasteiger partial charge in [0.25, 0.3) is 0 Å². The van der Waals surface area contributed by atoms with Gasteiger partial charge < -0.3 is 15.6 Å². The highest BCUT2D eigenvalue weighted by Crippen LogP contribution is 2.32. The summed E-state index contributed by atoms with van der Waals surface area (Å²) in [6.07, 6.45) is 12.7. The van der Waals surface area contributed by atoms with Crippen LogP contribution in [0.2, 0.25) is 0 Å². The third kappa shape index (κ3) is 3.93. The van der Waals surface area contributed by atoms with E-state index < -0.39 is 5.67 Å². The summed E-state index contributed by atoms with van der Waals surface area (Å²) in [7, 11) is 0. The second kappa shape index (κ2) is 7.65. The Kier molecular flexibility index (Phi) is 4.86. The zero-order chi connectivity index (χ0) is 19.7. The number of nitrogens with one attached hydrogen (secondary N) is 3. The van der Waals surface area contributed by atoms with E-state index in [-0.39, 0.29) is 0 Å². The molecule has 2 aliphatic rings. The number of alkyl halides is 1. The number of hydrogen-bond acceptors (Lipinski definition) is 4. The molecule has 0 aliphatic heterocycles. The predicted molar refractivity (Wildman–Crippen MR) is 116 cm³/mol. The fourth-order valence-corrected chi connectivity index (χ4v) is 4.73. The molecular weight excluding hydrogens is 365 g/mol. The van der Waals surface area contributed by atoms with E-state index in [1.165, 1.54) is 29.5 Å². The van der Waals surface area contributed by atoms with Crippen molar-refractivity contribution in [1.29, 1.82) is 0 Å². The van der Waals surface area contributed by atoms with Gasteiger partial charge in [-0.25, -0.2) is 9.37 Å². The first kappa shape index (κ1) is 18.4. The first-order valence-corrected chi connectivity index (χ1v) is 10.8. The summed E-state index contributed by atoms with van der Waals surface area (Å²) in [6, 6.07) is 6.13. The minimum absolute atomic E-state index is 0.344. The molecule has 29 heavy (non-hydrogen) atoms. The molecule has 0 bridgehead atoms. The quantitative estimate of drug-likeness (QED) is 0.523. The number of hydrogen-bond donors (Lipinski definition) is 3. The number of halogens is 1. The molecule has 3 N–H and O–H groups in total. The van der Waals surface area contributed by atoms with Gasteiger partial charge in [0.1, 0.15) is 17.1 Å². The van der Waals surface area contributed by atoms with Gasteiger partial charge in [0.05, 0.1) is 23.8 Å². The van der Waals surface area contributed by atoms with Crippen LogP contribution in [0.1, 0.15) is 56.2 Å². The number of aryl methyl sites for hydroxylation is 2. The van der Waals surface area contributed by atoms with E-state index in [1.54, 1.807) is 12.4 Å². The Morgan fingerprint density at radius 1 is 1.00 bits per heavy atom. The lowest BCUT2D eigenvalue weighted by atomic mass is 9.86. The van der Waals surface area contributed by atoms with Gasteiger partial charge in [0.15, 0.2) is 0 Å². The number of pyridine rings is 2. The van der Waals surface area contributed by atoms with Crippen LogP contribution in [0.15, 0.2) is 30.6 Å². The highest BCUT2D eigenvalue weighted by molar-refractivity contribution is 5.83. The Morgan fingerprint density at radius 3 is 2.72 bits per heavy atom. The van der Waals surface area contributed by atoms with Gasteiger partial charge in [-0.05, 0) is 62.3 Å². The van der Waals surface area contributed by atoms with Crippen LogP contribution in [0.5, 0.6) is 0 Å². The number of aromatic nitrogens is 3. The zero-order valence-electron chi connectivity index (χ0n) is 16.7. The minimum Gasteiger partial charge on any atom is -0.381 e. The maximum absolute atomic E-state index is 14.8. The molecule has 152 valence electrons. The van der Waals surface area contributed by atoms with Gasteiger partial charge >= 0.3 is 0 Å². The highest BCUT2D eigenvalue weighted by atomic mass is 19.1. The first-order valence-electron chi connectivity index (χ1n) is 10.8. The van der Waals surface area contributed by atoms with E-state index in [9.17, 15) is 4.39 Å². The number of H-pyrrole nitrogens is 1. The fourth-order valence-electron chi connectivity index (χ4n) is 4.73. The number of fused-ring (bicyclic) bond motifs is 3. The van der Waals surface area contributed by atoms with E-state index in [0.29, 0.717) is 19.4 Å². The van der Waals surface area contributed by atoms with Gasteiger partial charge in [0, 0.05) is 17.6 Å². The Morgan fingerprint density at radius 2 is 1.83 bits per heavy atom. The van der Waals surface area contributed by atoms with Crippen LogP contribution in [-0.4, -0.2) is 27.2 Å². The van der Waals surface area contributed by atoms with Crippen LogP contribution in [-0.2, 0) is 12.8 Å². The summed E-state index contributed by atoms with van der Waals surface area (Å²) in [4.78, 5) is 12.6. The standard InChI is InChI=1S/C23H28FN5/c24-23(10-4-1-5-11-23)15-26-16-12-17(14-25-13-16)27-21-9-8-19-18-6-2-3-7-20(18)28-22(19)29-21/h8-9,12-14,26H,1-7,10-11,15H2,(H2,27,28,29). The van der Waals surface area contributed by atoms with Crippen LogP contribution in [0.4, 0.5) is 21.6 Å². The Bertz CT molecular complexity index is 1010. The van der Waals surface area contributed by atoms with Gasteiger partial charge in [-0.2, -0.15) is 0 Å². The average Bonchev–Trinajstić information content (AvgIpc) is 3.11. The average molecular weight is 394 g/mol. The van der Waals surface area contributed by atoms with Gasteiger partial charge in [-0.3, -0.25) is 4.98 Å². The molecule has 3 heterocycles. The summed E-state index contributed by atoms with van der Waals surface area (Å²) in [5.74, 6) is 0.782. The van der Waals surface area contributed by atoms with Crippen molar-refractivity contribution in [3.8, 4) is 0 Å². The molecular formula is C23H28FN5. The van der Waals surface area contributed by atoms with Crippen LogP contribution in [0.25, 0.3) is 11.0 Å². The van der Waals surface area contributed by atoms with E-state index >= 15 is 0 Å². The van der Waals surface area contributed by atoms with E-state index in [0.717, 1.165) is 54.9 Å². The zero-order valence-corrected chi connectivity index (χ0v) is 16.7. The van der Waals surface area contributed by atoms with Crippen LogP contribution >= 0.6 is 0 Å². The van der Waals surface area contributed by atoms with E-state index in [1.807, 2.05) is 12.1 Å². The smallest absolute Gasteiger partial charge is 0.140 e. The van der Waals surface area contributed by atoms with Crippen molar-refractivity contribution in [1.82, 2.24) is 15.0 Å². The SMILES string of the molecule is FC1(CNc2cncc(Nc3ccc4c5c([nH]c4n3)CCCC5)c2)CCCCC1. The molecule has 6 heteroatoms. The van der Waals surface area contributed by atoms with Crippen molar-refractivity contribution in [2.24, 2.45) is 0 Å². The normalized spacial score (nSPS) is 18.4. The molecule has 1 saturated carbocycles. The molecule has 3 aromatic rings. The van der Waals surface area contributed by atoms with Crippen LogP contribution in [0, 0.1) is 0 Å². The molecule has 0 radical (unpaired) electrons. The van der Waals surface area contributed by atoms with Crippen LogP contribution in [0.3, 0.4) is 0 Å². The lowest BCUT2D eigenvalue weighted by molar-refractivity contribution is 0.122. The number of aromatic amines is 1. The molecule has 2 aliphatic carbocycles. The summed E-state index contributed by atoms with van der Waals surface area (Å²) in [5, 5.41) is 7.81. The van der Waals surface area contributed by atoms with Crippen molar-refractivity contribution in [3.05, 3.63) is 41.9 Å². The molecule has 0 aromatic carbocycles. The molecule has 0 amide bonds. The number of nitrogens with zero attached hydrogens (tertiary/aromatic N) is 2. The van der Waals surface area contributed by atoms with E-state index in [2.05, 4.69) is 26.7 Å². The van der Waals surface area contributed by atoms with Gasteiger partial charge in [0.2, 0.25) is 0 Å². The van der Waals surface area contributed by atoms with Crippen LogP contribution < -0.4 is 10.6 Å². The Hall–Kier alpha value is -2.63. The highest BCUT2D eigenvalue weighted by Gasteiger charge is 2.31. The number of rotatable bonds is 5. The lowest BCUT2D eigenvalue weighted by Gasteiger charge is -2.29. The number of anilines is 3. The summed E-state index contributed by atoms with van der Waals surface area (Å²) in [5.41, 5.74) is 4.29. The summed E-state index contributed by atoms with van der Waals surface area (Å²) >= 11 is 0. The second-order valence-corrected chi connectivity index (χ2v) is 8.53. The molecule has 1 fully saturated rings. The second-order valence-electron chi connectivity index (χ2n) is 8.53. The molecule has 3 aromatic heterocycles. The first-order chi connectivity index (χ1) is 14.2.